The highest BCUT2D eigenvalue weighted by Crippen LogP contribution is 2.21. The van der Waals surface area contributed by atoms with Crippen molar-refractivity contribution in [3.63, 3.8) is 0 Å². The summed E-state index contributed by atoms with van der Waals surface area (Å²) in [6.45, 7) is 0.861. The molecular formula is C10H14BrN3O. The largest absolute Gasteiger partial charge is 0.334 e. The van der Waals surface area contributed by atoms with Crippen LogP contribution in [0.4, 0.5) is 0 Å². The summed E-state index contributed by atoms with van der Waals surface area (Å²) in [5.41, 5.74) is 0.669. The second-order valence-electron chi connectivity index (χ2n) is 3.79. The number of aryl methyl sites for hydroxylation is 1. The van der Waals surface area contributed by atoms with Gasteiger partial charge in [0.25, 0.3) is 5.91 Å². The molecular weight excluding hydrogens is 258 g/mol. The van der Waals surface area contributed by atoms with Gasteiger partial charge in [-0.15, -0.1) is 0 Å². The molecule has 1 aliphatic heterocycles. The third-order valence-electron chi connectivity index (χ3n) is 2.86. The lowest BCUT2D eigenvalue weighted by Gasteiger charge is -2.22. The molecule has 1 aromatic rings. The molecule has 0 saturated carbocycles. The summed E-state index contributed by atoms with van der Waals surface area (Å²) in [5, 5.41) is 4.88. The Kier molecular flexibility index (Phi) is 3.09. The predicted molar refractivity (Wildman–Crippen MR) is 61.1 cm³/mol. The van der Waals surface area contributed by atoms with Crippen molar-refractivity contribution in [1.29, 1.82) is 0 Å². The molecule has 1 saturated heterocycles. The van der Waals surface area contributed by atoms with Crippen LogP contribution in [0.5, 0.6) is 0 Å². The van der Waals surface area contributed by atoms with E-state index in [2.05, 4.69) is 21.0 Å². The quantitative estimate of drug-likeness (QED) is 0.764. The summed E-state index contributed by atoms with van der Waals surface area (Å²) in [4.78, 5) is 14.1. The van der Waals surface area contributed by atoms with E-state index >= 15 is 0 Å². The highest BCUT2D eigenvalue weighted by atomic mass is 79.9. The number of halogens is 1. The SMILES string of the molecule is Cn1nccc1C(=O)N1CCCC1CBr. The predicted octanol–water partition coefficient (Wildman–Crippen LogP) is 1.42. The zero-order chi connectivity index (χ0) is 10.8. The summed E-state index contributed by atoms with van der Waals surface area (Å²) >= 11 is 3.45. The molecule has 2 heterocycles. The van der Waals surface area contributed by atoms with Crippen molar-refractivity contribution >= 4 is 21.8 Å². The molecule has 1 fully saturated rings. The topological polar surface area (TPSA) is 38.1 Å². The van der Waals surface area contributed by atoms with Crippen LogP contribution in [-0.4, -0.2) is 38.5 Å². The van der Waals surface area contributed by atoms with E-state index in [1.165, 1.54) is 0 Å². The summed E-state index contributed by atoms with van der Waals surface area (Å²) in [6, 6.07) is 2.11. The van der Waals surface area contributed by atoms with Gasteiger partial charge in [0.1, 0.15) is 5.69 Å². The second kappa shape index (κ2) is 4.35. The molecule has 82 valence electrons. The molecule has 0 radical (unpaired) electrons. The molecule has 0 aliphatic carbocycles. The molecule has 1 unspecified atom stereocenters. The normalized spacial score (nSPS) is 20.9. The van der Waals surface area contributed by atoms with Gasteiger partial charge in [-0.25, -0.2) is 0 Å². The first-order valence-corrected chi connectivity index (χ1v) is 6.21. The molecule has 1 aromatic heterocycles. The van der Waals surface area contributed by atoms with Gasteiger partial charge in [-0.1, -0.05) is 15.9 Å². The number of nitrogens with zero attached hydrogens (tertiary/aromatic N) is 3. The minimum Gasteiger partial charge on any atom is -0.334 e. The summed E-state index contributed by atoms with van der Waals surface area (Å²) < 4.78 is 1.63. The summed E-state index contributed by atoms with van der Waals surface area (Å²) in [7, 11) is 1.80. The van der Waals surface area contributed by atoms with Gasteiger partial charge in [-0.3, -0.25) is 9.48 Å². The van der Waals surface area contributed by atoms with Crippen LogP contribution in [0, 0.1) is 0 Å². The van der Waals surface area contributed by atoms with Gasteiger partial charge in [0.05, 0.1) is 0 Å². The Bertz CT molecular complexity index is 363. The van der Waals surface area contributed by atoms with Crippen molar-refractivity contribution in [2.24, 2.45) is 7.05 Å². The maximum absolute atomic E-state index is 12.1. The van der Waals surface area contributed by atoms with Crippen LogP contribution in [0.15, 0.2) is 12.3 Å². The van der Waals surface area contributed by atoms with Crippen LogP contribution >= 0.6 is 15.9 Å². The van der Waals surface area contributed by atoms with Crippen LogP contribution in [0.1, 0.15) is 23.3 Å². The van der Waals surface area contributed by atoms with Gasteiger partial charge in [0.15, 0.2) is 0 Å². The fraction of sp³-hybridized carbons (Fsp3) is 0.600. The van der Waals surface area contributed by atoms with Crippen LogP contribution in [0.2, 0.25) is 0 Å². The number of hydrogen-bond donors (Lipinski definition) is 0. The third kappa shape index (κ3) is 1.93. The summed E-state index contributed by atoms with van der Waals surface area (Å²) in [5.74, 6) is 0.0944. The first-order chi connectivity index (χ1) is 7.24. The highest BCUT2D eigenvalue weighted by Gasteiger charge is 2.29. The molecule has 0 N–H and O–H groups in total. The number of hydrogen-bond acceptors (Lipinski definition) is 2. The van der Waals surface area contributed by atoms with E-state index in [1.807, 2.05) is 4.90 Å². The van der Waals surface area contributed by atoms with Gasteiger partial charge in [-0.2, -0.15) is 5.10 Å². The number of likely N-dealkylation sites (tertiary alicyclic amines) is 1. The van der Waals surface area contributed by atoms with E-state index in [1.54, 1.807) is 24.0 Å². The maximum Gasteiger partial charge on any atom is 0.272 e. The van der Waals surface area contributed by atoms with Crippen molar-refractivity contribution in [2.45, 2.75) is 18.9 Å². The van der Waals surface area contributed by atoms with Gasteiger partial charge in [0.2, 0.25) is 0 Å². The highest BCUT2D eigenvalue weighted by molar-refractivity contribution is 9.09. The Labute approximate surface area is 97.4 Å². The average molecular weight is 272 g/mol. The van der Waals surface area contributed by atoms with E-state index in [9.17, 15) is 4.79 Å². The zero-order valence-corrected chi connectivity index (χ0v) is 10.3. The average Bonchev–Trinajstić information content (AvgIpc) is 2.84. The molecule has 15 heavy (non-hydrogen) atoms. The number of rotatable bonds is 2. The van der Waals surface area contributed by atoms with Gasteiger partial charge in [-0.05, 0) is 18.9 Å². The first-order valence-electron chi connectivity index (χ1n) is 5.09. The van der Waals surface area contributed by atoms with Crippen LogP contribution < -0.4 is 0 Å². The van der Waals surface area contributed by atoms with Gasteiger partial charge < -0.3 is 4.90 Å². The lowest BCUT2D eigenvalue weighted by molar-refractivity contribution is 0.0739. The fourth-order valence-electron chi connectivity index (χ4n) is 1.99. The van der Waals surface area contributed by atoms with E-state index < -0.39 is 0 Å². The minimum atomic E-state index is 0.0944. The van der Waals surface area contributed by atoms with Crippen LogP contribution in [0.3, 0.4) is 0 Å². The lowest BCUT2D eigenvalue weighted by Crippen LogP contribution is -2.37. The number of alkyl halides is 1. The molecule has 1 atom stereocenters. The van der Waals surface area contributed by atoms with E-state index in [-0.39, 0.29) is 5.91 Å². The Balaban J connectivity index is 2.18. The molecule has 4 nitrogen and oxygen atoms in total. The minimum absolute atomic E-state index is 0.0944. The number of amides is 1. The van der Waals surface area contributed by atoms with Crippen molar-refractivity contribution < 1.29 is 4.79 Å². The fourth-order valence-corrected chi connectivity index (χ4v) is 2.67. The third-order valence-corrected chi connectivity index (χ3v) is 3.60. The first kappa shape index (κ1) is 10.7. The van der Waals surface area contributed by atoms with Crippen molar-refractivity contribution in [2.75, 3.05) is 11.9 Å². The molecule has 0 spiro atoms. The Hall–Kier alpha value is -0.840. The van der Waals surface area contributed by atoms with Crippen LogP contribution in [0.25, 0.3) is 0 Å². The van der Waals surface area contributed by atoms with Crippen molar-refractivity contribution in [3.8, 4) is 0 Å². The Morgan fingerprint density at radius 3 is 3.13 bits per heavy atom. The molecule has 1 aliphatic rings. The molecule has 2 rings (SSSR count). The standard InChI is InChI=1S/C10H14BrN3O/c1-13-9(4-5-12-13)10(15)14-6-2-3-8(14)7-11/h4-5,8H,2-3,6-7H2,1H3. The van der Waals surface area contributed by atoms with Crippen LogP contribution in [-0.2, 0) is 7.05 Å². The second-order valence-corrected chi connectivity index (χ2v) is 4.44. The Morgan fingerprint density at radius 1 is 1.73 bits per heavy atom. The zero-order valence-electron chi connectivity index (χ0n) is 8.69. The van der Waals surface area contributed by atoms with E-state index in [4.69, 9.17) is 0 Å². The number of aromatic nitrogens is 2. The van der Waals surface area contributed by atoms with E-state index in [0.29, 0.717) is 11.7 Å². The summed E-state index contributed by atoms with van der Waals surface area (Å²) in [6.07, 6.45) is 3.85. The lowest BCUT2D eigenvalue weighted by atomic mass is 10.2. The van der Waals surface area contributed by atoms with Crippen molar-refractivity contribution in [1.82, 2.24) is 14.7 Å². The monoisotopic (exact) mass is 271 g/mol. The molecule has 0 bridgehead atoms. The molecule has 5 heteroatoms. The molecule has 0 aromatic carbocycles. The molecule has 1 amide bonds. The van der Waals surface area contributed by atoms with Crippen molar-refractivity contribution in [3.05, 3.63) is 18.0 Å². The van der Waals surface area contributed by atoms with E-state index in [0.717, 1.165) is 24.7 Å². The number of carbonyl (C=O) groups excluding carboxylic acids is 1. The Morgan fingerprint density at radius 2 is 2.53 bits per heavy atom. The van der Waals surface area contributed by atoms with Gasteiger partial charge in [0, 0.05) is 31.2 Å². The van der Waals surface area contributed by atoms with Gasteiger partial charge >= 0.3 is 0 Å². The maximum atomic E-state index is 12.1. The smallest absolute Gasteiger partial charge is 0.272 e. The number of carbonyl (C=O) groups is 1.